The summed E-state index contributed by atoms with van der Waals surface area (Å²) in [4.78, 5) is 27.0. The molecule has 8 heteroatoms. The molecule has 1 aromatic heterocycles. The highest BCUT2D eigenvalue weighted by atomic mass is 16.7. The van der Waals surface area contributed by atoms with E-state index >= 15 is 0 Å². The number of amides is 1. The number of hydrogen-bond acceptors (Lipinski definition) is 5. The van der Waals surface area contributed by atoms with Crippen molar-refractivity contribution in [2.45, 2.75) is 83.6 Å². The first kappa shape index (κ1) is 22.8. The number of aromatic nitrogens is 2. The predicted octanol–water partition coefficient (Wildman–Crippen LogP) is 5.08. The Hall–Kier alpha value is -2.35. The molecular weight excluding hydrogens is 410 g/mol. The maximum atomic E-state index is 13.8. The summed E-state index contributed by atoms with van der Waals surface area (Å²) in [6.07, 6.45) is 12.8. The number of carbonyl (C=O) groups is 2. The number of nitrogens with zero attached hydrogens (tertiary/aromatic N) is 3. The predicted molar refractivity (Wildman–Crippen MR) is 121 cm³/mol. The summed E-state index contributed by atoms with van der Waals surface area (Å²) in [5.41, 5.74) is 1.04. The van der Waals surface area contributed by atoms with Crippen LogP contribution in [0.5, 0.6) is 5.75 Å². The van der Waals surface area contributed by atoms with Crippen molar-refractivity contribution in [1.82, 2.24) is 9.78 Å². The maximum absolute atomic E-state index is 13.8. The summed E-state index contributed by atoms with van der Waals surface area (Å²) >= 11 is 0. The Bertz CT molecular complexity index is 835. The van der Waals surface area contributed by atoms with E-state index in [0.717, 1.165) is 57.1 Å². The zero-order chi connectivity index (χ0) is 22.5. The van der Waals surface area contributed by atoms with Crippen LogP contribution in [0.25, 0.3) is 5.70 Å². The van der Waals surface area contributed by atoms with Crippen LogP contribution >= 0.6 is 0 Å². The monoisotopic (exact) mass is 445 g/mol. The average molecular weight is 446 g/mol. The van der Waals surface area contributed by atoms with Crippen LogP contribution in [-0.2, 0) is 9.53 Å². The largest absolute Gasteiger partial charge is 0.511 e. The van der Waals surface area contributed by atoms with E-state index in [1.807, 2.05) is 0 Å². The summed E-state index contributed by atoms with van der Waals surface area (Å²) in [5, 5.41) is 14.1. The van der Waals surface area contributed by atoms with Crippen LogP contribution in [0, 0.1) is 11.8 Å². The van der Waals surface area contributed by atoms with Gasteiger partial charge in [-0.25, -0.2) is 9.48 Å². The first-order chi connectivity index (χ1) is 15.5. The van der Waals surface area contributed by atoms with Gasteiger partial charge in [-0.1, -0.05) is 19.4 Å². The van der Waals surface area contributed by atoms with Crippen LogP contribution in [0.1, 0.15) is 77.6 Å². The highest BCUT2D eigenvalue weighted by Gasteiger charge is 2.37. The fraction of sp³-hybridized carbons (Fsp3) is 0.708. The smallest absolute Gasteiger partial charge is 0.449 e. The summed E-state index contributed by atoms with van der Waals surface area (Å²) in [6, 6.07) is -0.0711. The number of ether oxygens (including phenoxy) is 2. The lowest BCUT2D eigenvalue weighted by atomic mass is 9.82. The van der Waals surface area contributed by atoms with Crippen molar-refractivity contribution in [2.75, 3.05) is 18.1 Å². The van der Waals surface area contributed by atoms with Gasteiger partial charge in [-0.05, 0) is 70.1 Å². The molecule has 2 heterocycles. The number of carboxylic acid groups (broad SMARTS) is 1. The second-order valence-electron chi connectivity index (χ2n) is 9.43. The Kier molecular flexibility index (Phi) is 7.50. The maximum Gasteiger partial charge on any atom is 0.511 e. The molecule has 1 saturated carbocycles. The summed E-state index contributed by atoms with van der Waals surface area (Å²) in [6.45, 7) is 3.39. The zero-order valence-electron chi connectivity index (χ0n) is 19.0. The molecule has 32 heavy (non-hydrogen) atoms. The molecule has 0 atom stereocenters. The van der Waals surface area contributed by atoms with Crippen molar-refractivity contribution < 1.29 is 24.2 Å². The summed E-state index contributed by atoms with van der Waals surface area (Å²) in [5.74, 6) is 1.08. The average Bonchev–Trinajstić information content (AvgIpc) is 2.99. The molecule has 1 aliphatic heterocycles. The number of rotatable bonds is 5. The molecule has 2 aliphatic carbocycles. The van der Waals surface area contributed by atoms with Crippen LogP contribution in [0.2, 0.25) is 0 Å². The van der Waals surface area contributed by atoms with Gasteiger partial charge in [0, 0.05) is 30.9 Å². The van der Waals surface area contributed by atoms with E-state index in [2.05, 4.69) is 13.0 Å². The van der Waals surface area contributed by atoms with E-state index in [-0.39, 0.29) is 23.6 Å². The minimum Gasteiger partial charge on any atom is -0.449 e. The first-order valence-electron chi connectivity index (χ1n) is 12.1. The molecule has 8 nitrogen and oxygen atoms in total. The highest BCUT2D eigenvalue weighted by Crippen LogP contribution is 2.37. The van der Waals surface area contributed by atoms with Crippen LogP contribution < -0.4 is 9.64 Å². The van der Waals surface area contributed by atoms with Gasteiger partial charge in [-0.3, -0.25) is 9.69 Å². The molecule has 3 aliphatic rings. The number of allylic oxidation sites excluding steroid dienone is 2. The van der Waals surface area contributed by atoms with Gasteiger partial charge in [0.2, 0.25) is 11.7 Å². The molecular formula is C24H35N3O5. The van der Waals surface area contributed by atoms with Crippen LogP contribution in [-0.4, -0.2) is 46.2 Å². The molecule has 1 amide bonds. The van der Waals surface area contributed by atoms with Gasteiger partial charge in [0.1, 0.15) is 0 Å². The minimum absolute atomic E-state index is 0.0409. The van der Waals surface area contributed by atoms with Gasteiger partial charge in [0.25, 0.3) is 0 Å². The molecule has 1 aromatic rings. The Balaban J connectivity index is 1.70. The van der Waals surface area contributed by atoms with E-state index in [0.29, 0.717) is 37.8 Å². The summed E-state index contributed by atoms with van der Waals surface area (Å²) in [7, 11) is 0. The number of anilines is 1. The third kappa shape index (κ3) is 5.34. The van der Waals surface area contributed by atoms with Crippen molar-refractivity contribution in [3.8, 4) is 5.75 Å². The Labute approximate surface area is 189 Å². The van der Waals surface area contributed by atoms with E-state index < -0.39 is 6.16 Å². The van der Waals surface area contributed by atoms with Crippen molar-refractivity contribution in [1.29, 1.82) is 0 Å². The van der Waals surface area contributed by atoms with Gasteiger partial charge in [0.05, 0.1) is 6.20 Å². The Morgan fingerprint density at radius 3 is 2.59 bits per heavy atom. The van der Waals surface area contributed by atoms with Crippen LogP contribution in [0.15, 0.2) is 12.3 Å². The van der Waals surface area contributed by atoms with Gasteiger partial charge in [-0.2, -0.15) is 0 Å². The highest BCUT2D eigenvalue weighted by molar-refractivity contribution is 5.96. The second kappa shape index (κ2) is 10.5. The Morgan fingerprint density at radius 2 is 1.88 bits per heavy atom. The van der Waals surface area contributed by atoms with E-state index in [4.69, 9.17) is 14.6 Å². The van der Waals surface area contributed by atoms with Crippen molar-refractivity contribution >= 4 is 23.6 Å². The van der Waals surface area contributed by atoms with Gasteiger partial charge < -0.3 is 14.6 Å². The SMILES string of the molecule is C[C@H]1CC[C@H](C(=O)N(c2nn(C3=CCCCCC3)cc2OC(=O)O)C2CCOCC2)CC1. The number of carbonyl (C=O) groups excluding carboxylic acids is 1. The van der Waals surface area contributed by atoms with Gasteiger partial charge >= 0.3 is 6.16 Å². The van der Waals surface area contributed by atoms with E-state index in [1.165, 1.54) is 6.42 Å². The first-order valence-corrected chi connectivity index (χ1v) is 12.1. The van der Waals surface area contributed by atoms with Gasteiger partial charge in [-0.15, -0.1) is 5.10 Å². The zero-order valence-corrected chi connectivity index (χ0v) is 19.0. The van der Waals surface area contributed by atoms with E-state index in [1.54, 1.807) is 15.8 Å². The third-order valence-electron chi connectivity index (χ3n) is 7.06. The van der Waals surface area contributed by atoms with E-state index in [9.17, 15) is 14.7 Å². The molecule has 0 bridgehead atoms. The molecule has 1 saturated heterocycles. The fourth-order valence-corrected chi connectivity index (χ4v) is 5.14. The second-order valence-corrected chi connectivity index (χ2v) is 9.43. The molecule has 176 valence electrons. The molecule has 1 N–H and O–H groups in total. The topological polar surface area (TPSA) is 93.9 Å². The standard InChI is InChI=1S/C24H35N3O5/c1-17-8-10-18(11-9-17)23(28)27(20-12-14-31-15-13-20)22-21(32-24(29)30)16-26(25-22)19-6-4-2-3-5-7-19/h6,16-18,20H,2-5,7-15H2,1H3,(H,29,30)/t17-,18-. The lowest BCUT2D eigenvalue weighted by molar-refractivity contribution is -0.124. The fourth-order valence-electron chi connectivity index (χ4n) is 5.14. The molecule has 0 aromatic carbocycles. The van der Waals surface area contributed by atoms with Crippen LogP contribution in [0.3, 0.4) is 0 Å². The molecule has 4 rings (SSSR count). The van der Waals surface area contributed by atoms with Crippen molar-refractivity contribution in [3.63, 3.8) is 0 Å². The molecule has 0 radical (unpaired) electrons. The Morgan fingerprint density at radius 1 is 1.12 bits per heavy atom. The number of hydrogen-bond donors (Lipinski definition) is 1. The normalized spacial score (nSPS) is 25.0. The molecule has 2 fully saturated rings. The molecule has 0 unspecified atom stereocenters. The van der Waals surface area contributed by atoms with Gasteiger partial charge in [0.15, 0.2) is 5.75 Å². The van der Waals surface area contributed by atoms with Crippen LogP contribution in [0.4, 0.5) is 10.6 Å². The quantitative estimate of drug-likeness (QED) is 0.635. The minimum atomic E-state index is -1.40. The van der Waals surface area contributed by atoms with Crippen molar-refractivity contribution in [3.05, 3.63) is 12.3 Å². The van der Waals surface area contributed by atoms with Crippen molar-refractivity contribution in [2.24, 2.45) is 11.8 Å². The lowest BCUT2D eigenvalue weighted by Crippen LogP contribution is -2.47. The summed E-state index contributed by atoms with van der Waals surface area (Å²) < 4.78 is 12.4. The molecule has 0 spiro atoms. The third-order valence-corrected chi connectivity index (χ3v) is 7.06. The lowest BCUT2D eigenvalue weighted by Gasteiger charge is -2.36.